The Bertz CT molecular complexity index is 970. The number of hydrogen-bond donors (Lipinski definition) is 0. The minimum Gasteiger partial charge on any atom is -0.343 e. The van der Waals surface area contributed by atoms with Gasteiger partial charge in [0.25, 0.3) is 0 Å². The van der Waals surface area contributed by atoms with Crippen LogP contribution in [0.2, 0.25) is 0 Å². The second-order valence-electron chi connectivity index (χ2n) is 8.02. The van der Waals surface area contributed by atoms with Crippen LogP contribution in [-0.2, 0) is 17.6 Å². The lowest BCUT2D eigenvalue weighted by Crippen LogP contribution is -2.54. The van der Waals surface area contributed by atoms with E-state index in [1.165, 1.54) is 28.2 Å². The van der Waals surface area contributed by atoms with E-state index in [1.807, 2.05) is 23.1 Å². The molecule has 0 spiro atoms. The van der Waals surface area contributed by atoms with Gasteiger partial charge in [0.15, 0.2) is 0 Å². The molecule has 0 N–H and O–H groups in total. The minimum atomic E-state index is 0.173. The number of aromatic nitrogens is 2. The van der Waals surface area contributed by atoms with Crippen molar-refractivity contribution in [3.8, 4) is 0 Å². The van der Waals surface area contributed by atoms with Gasteiger partial charge in [0.2, 0.25) is 11.0 Å². The highest BCUT2D eigenvalue weighted by molar-refractivity contribution is 7.09. The first-order valence-corrected chi connectivity index (χ1v) is 11.3. The van der Waals surface area contributed by atoms with Crippen LogP contribution < -0.4 is 4.90 Å². The van der Waals surface area contributed by atoms with Crippen LogP contribution in [0.3, 0.4) is 0 Å². The van der Waals surface area contributed by atoms with E-state index in [1.54, 1.807) is 0 Å². The highest BCUT2D eigenvalue weighted by atomic mass is 32.1. The molecule has 0 saturated carbocycles. The van der Waals surface area contributed by atoms with Gasteiger partial charge in [-0.2, -0.15) is 4.37 Å². The molecular weight excluding hydrogens is 392 g/mol. The number of carbonyl (C=O) groups excluding carboxylic acids is 1. The van der Waals surface area contributed by atoms with E-state index in [0.29, 0.717) is 6.42 Å². The molecule has 6 heteroatoms. The zero-order valence-corrected chi connectivity index (χ0v) is 18.4. The molecule has 1 amide bonds. The van der Waals surface area contributed by atoms with Gasteiger partial charge in [-0.25, -0.2) is 4.98 Å². The summed E-state index contributed by atoms with van der Waals surface area (Å²) < 4.78 is 4.56. The van der Waals surface area contributed by atoms with Crippen molar-refractivity contribution in [2.45, 2.75) is 39.2 Å². The van der Waals surface area contributed by atoms with E-state index in [2.05, 4.69) is 59.5 Å². The molecule has 2 heterocycles. The standard InChI is InChI=1S/C24H28N4OS/c1-18-8-10-21(11-9-18)16-22-25-24(30-26-22)27-14-15-28(19(2)17-27)23(29)13-12-20-6-4-3-5-7-20/h3-11,19H,12-17H2,1-2H3/t19-/m0/s1. The molecule has 2 aromatic carbocycles. The summed E-state index contributed by atoms with van der Waals surface area (Å²) in [5.41, 5.74) is 3.70. The molecule has 1 saturated heterocycles. The first kappa shape index (κ1) is 20.5. The summed E-state index contributed by atoms with van der Waals surface area (Å²) in [4.78, 5) is 21.8. The lowest BCUT2D eigenvalue weighted by atomic mass is 10.1. The van der Waals surface area contributed by atoms with Crippen LogP contribution in [0.5, 0.6) is 0 Å². The SMILES string of the molecule is Cc1ccc(Cc2nsc(N3CCN(C(=O)CCc4ccccc4)[C@@H](C)C3)n2)cc1. The van der Waals surface area contributed by atoms with E-state index in [-0.39, 0.29) is 11.9 Å². The van der Waals surface area contributed by atoms with Crippen molar-refractivity contribution in [1.29, 1.82) is 0 Å². The second-order valence-corrected chi connectivity index (χ2v) is 8.75. The number of hydrogen-bond acceptors (Lipinski definition) is 5. The fourth-order valence-corrected chi connectivity index (χ4v) is 4.59. The molecular formula is C24H28N4OS. The Kier molecular flexibility index (Phi) is 6.43. The fourth-order valence-electron chi connectivity index (χ4n) is 3.87. The van der Waals surface area contributed by atoms with Gasteiger partial charge in [0.1, 0.15) is 5.82 Å². The van der Waals surface area contributed by atoms with Gasteiger partial charge in [-0.15, -0.1) is 0 Å². The Morgan fingerprint density at radius 3 is 2.57 bits per heavy atom. The van der Waals surface area contributed by atoms with Gasteiger partial charge in [-0.3, -0.25) is 4.79 Å². The number of piperazine rings is 1. The number of amides is 1. The predicted octanol–water partition coefficient (Wildman–Crippen LogP) is 4.11. The maximum atomic E-state index is 12.7. The third kappa shape index (κ3) is 5.05. The minimum absolute atomic E-state index is 0.173. The topological polar surface area (TPSA) is 49.3 Å². The quantitative estimate of drug-likeness (QED) is 0.602. The lowest BCUT2D eigenvalue weighted by Gasteiger charge is -2.39. The van der Waals surface area contributed by atoms with Gasteiger partial charge >= 0.3 is 0 Å². The molecule has 0 bridgehead atoms. The Morgan fingerprint density at radius 1 is 1.07 bits per heavy atom. The Labute approximate surface area is 182 Å². The molecule has 1 atom stereocenters. The average Bonchev–Trinajstić information content (AvgIpc) is 3.23. The molecule has 5 nitrogen and oxygen atoms in total. The number of anilines is 1. The van der Waals surface area contributed by atoms with Crippen LogP contribution in [0.25, 0.3) is 0 Å². The van der Waals surface area contributed by atoms with Crippen LogP contribution in [0.15, 0.2) is 54.6 Å². The van der Waals surface area contributed by atoms with E-state index in [9.17, 15) is 4.79 Å². The first-order chi connectivity index (χ1) is 14.6. The fraction of sp³-hybridized carbons (Fsp3) is 0.375. The lowest BCUT2D eigenvalue weighted by molar-refractivity contribution is -0.133. The maximum Gasteiger partial charge on any atom is 0.223 e. The van der Waals surface area contributed by atoms with Crippen LogP contribution in [0.4, 0.5) is 5.13 Å². The summed E-state index contributed by atoms with van der Waals surface area (Å²) >= 11 is 1.46. The molecule has 4 rings (SSSR count). The van der Waals surface area contributed by atoms with Crippen LogP contribution in [-0.4, -0.2) is 45.8 Å². The van der Waals surface area contributed by atoms with Crippen molar-refractivity contribution in [2.75, 3.05) is 24.5 Å². The van der Waals surface area contributed by atoms with Crippen molar-refractivity contribution in [3.05, 3.63) is 77.1 Å². The highest BCUT2D eigenvalue weighted by Gasteiger charge is 2.28. The molecule has 0 aliphatic carbocycles. The van der Waals surface area contributed by atoms with Crippen molar-refractivity contribution in [3.63, 3.8) is 0 Å². The number of nitrogens with zero attached hydrogens (tertiary/aromatic N) is 4. The van der Waals surface area contributed by atoms with Crippen LogP contribution in [0, 0.1) is 6.92 Å². The van der Waals surface area contributed by atoms with Crippen LogP contribution in [0.1, 0.15) is 35.9 Å². The van der Waals surface area contributed by atoms with Crippen molar-refractivity contribution in [1.82, 2.24) is 14.3 Å². The van der Waals surface area contributed by atoms with Crippen LogP contribution >= 0.6 is 11.5 Å². The van der Waals surface area contributed by atoms with E-state index >= 15 is 0 Å². The van der Waals surface area contributed by atoms with Crippen molar-refractivity contribution < 1.29 is 4.79 Å². The molecule has 0 unspecified atom stereocenters. The molecule has 1 aromatic heterocycles. The Hall–Kier alpha value is -2.73. The summed E-state index contributed by atoms with van der Waals surface area (Å²) in [6.07, 6.45) is 2.11. The molecule has 1 aliphatic rings. The van der Waals surface area contributed by atoms with E-state index < -0.39 is 0 Å². The highest BCUT2D eigenvalue weighted by Crippen LogP contribution is 2.23. The Morgan fingerprint density at radius 2 is 1.83 bits per heavy atom. The summed E-state index contributed by atoms with van der Waals surface area (Å²) in [7, 11) is 0. The molecule has 30 heavy (non-hydrogen) atoms. The van der Waals surface area contributed by atoms with E-state index in [4.69, 9.17) is 4.98 Å². The first-order valence-electron chi connectivity index (χ1n) is 10.5. The number of aryl methyl sites for hydroxylation is 2. The number of rotatable bonds is 6. The van der Waals surface area contributed by atoms with Gasteiger partial charge in [0, 0.05) is 50.1 Å². The molecule has 1 fully saturated rings. The molecule has 0 radical (unpaired) electrons. The maximum absolute atomic E-state index is 12.7. The third-order valence-electron chi connectivity index (χ3n) is 5.63. The van der Waals surface area contributed by atoms with E-state index in [0.717, 1.165) is 43.4 Å². The monoisotopic (exact) mass is 420 g/mol. The van der Waals surface area contributed by atoms with Gasteiger partial charge in [-0.05, 0) is 31.4 Å². The smallest absolute Gasteiger partial charge is 0.223 e. The number of carbonyl (C=O) groups is 1. The average molecular weight is 421 g/mol. The zero-order chi connectivity index (χ0) is 20.9. The molecule has 1 aliphatic heterocycles. The van der Waals surface area contributed by atoms with Gasteiger partial charge < -0.3 is 9.80 Å². The zero-order valence-electron chi connectivity index (χ0n) is 17.6. The predicted molar refractivity (Wildman–Crippen MR) is 122 cm³/mol. The summed E-state index contributed by atoms with van der Waals surface area (Å²) in [5.74, 6) is 1.11. The Balaban J connectivity index is 1.31. The van der Waals surface area contributed by atoms with Crippen molar-refractivity contribution in [2.24, 2.45) is 0 Å². The van der Waals surface area contributed by atoms with Crippen molar-refractivity contribution >= 4 is 22.6 Å². The van der Waals surface area contributed by atoms with Gasteiger partial charge in [-0.1, -0.05) is 60.2 Å². The summed E-state index contributed by atoms with van der Waals surface area (Å²) in [6.45, 7) is 6.56. The molecule has 3 aromatic rings. The normalized spacial score (nSPS) is 16.7. The van der Waals surface area contributed by atoms with Gasteiger partial charge in [0.05, 0.1) is 0 Å². The summed E-state index contributed by atoms with van der Waals surface area (Å²) in [5, 5.41) is 0.959. The largest absolute Gasteiger partial charge is 0.343 e. The summed E-state index contributed by atoms with van der Waals surface area (Å²) in [6, 6.07) is 18.9. The number of benzene rings is 2. The second kappa shape index (κ2) is 9.39. The molecule has 156 valence electrons. The third-order valence-corrected chi connectivity index (χ3v) is 6.44.